The summed E-state index contributed by atoms with van der Waals surface area (Å²) in [6.45, 7) is 0. The number of ether oxygens (including phenoxy) is 1. The lowest BCUT2D eigenvalue weighted by Crippen LogP contribution is -1.96. The third kappa shape index (κ3) is 2.53. The van der Waals surface area contributed by atoms with E-state index in [0.717, 1.165) is 23.3 Å². The Morgan fingerprint density at radius 2 is 2.24 bits per heavy atom. The first-order valence-electron chi connectivity index (χ1n) is 5.34. The van der Waals surface area contributed by atoms with E-state index in [9.17, 15) is 4.79 Å². The van der Waals surface area contributed by atoms with Gasteiger partial charge in [0.2, 0.25) is 0 Å². The molecule has 0 fully saturated rings. The number of aldehydes is 1. The Morgan fingerprint density at radius 1 is 1.41 bits per heavy atom. The van der Waals surface area contributed by atoms with Gasteiger partial charge in [0.25, 0.3) is 0 Å². The highest BCUT2D eigenvalue weighted by molar-refractivity contribution is 5.72. The number of carbonyl (C=O) groups is 1. The van der Waals surface area contributed by atoms with E-state index < -0.39 is 0 Å². The molecule has 1 aromatic heterocycles. The van der Waals surface area contributed by atoms with Crippen LogP contribution in [0.1, 0.15) is 21.7 Å². The summed E-state index contributed by atoms with van der Waals surface area (Å²) in [5.74, 6) is 0.828. The molecular formula is C13H14N2O2. The molecule has 0 aliphatic heterocycles. The van der Waals surface area contributed by atoms with Gasteiger partial charge in [-0.25, -0.2) is 0 Å². The number of methoxy groups -OCH3 is 1. The van der Waals surface area contributed by atoms with Crippen LogP contribution in [0, 0.1) is 0 Å². The Balaban J connectivity index is 2.21. The van der Waals surface area contributed by atoms with Crippen molar-refractivity contribution < 1.29 is 9.53 Å². The fourth-order valence-corrected chi connectivity index (χ4v) is 1.73. The summed E-state index contributed by atoms with van der Waals surface area (Å²) in [5.41, 5.74) is 2.57. The maximum atomic E-state index is 10.7. The summed E-state index contributed by atoms with van der Waals surface area (Å²) in [6.07, 6.45) is 1.50. The van der Waals surface area contributed by atoms with Gasteiger partial charge in [-0.1, -0.05) is 12.1 Å². The minimum absolute atomic E-state index is 0.586. The van der Waals surface area contributed by atoms with Gasteiger partial charge in [-0.05, 0) is 23.8 Å². The summed E-state index contributed by atoms with van der Waals surface area (Å²) in [7, 11) is 3.41. The molecule has 0 aliphatic carbocycles. The highest BCUT2D eigenvalue weighted by Crippen LogP contribution is 2.15. The van der Waals surface area contributed by atoms with Crippen LogP contribution in [0.25, 0.3) is 0 Å². The van der Waals surface area contributed by atoms with Crippen LogP contribution in [0.3, 0.4) is 0 Å². The topological polar surface area (TPSA) is 44.1 Å². The monoisotopic (exact) mass is 230 g/mol. The second-order valence-electron chi connectivity index (χ2n) is 3.83. The van der Waals surface area contributed by atoms with Crippen LogP contribution < -0.4 is 4.74 Å². The van der Waals surface area contributed by atoms with Crippen molar-refractivity contribution in [2.45, 2.75) is 6.42 Å². The largest absolute Gasteiger partial charge is 0.497 e. The fraction of sp³-hybridized carbons (Fsp3) is 0.231. The zero-order valence-electron chi connectivity index (χ0n) is 9.88. The van der Waals surface area contributed by atoms with E-state index in [1.54, 1.807) is 24.9 Å². The fourth-order valence-electron chi connectivity index (χ4n) is 1.73. The molecule has 88 valence electrons. The molecule has 0 unspecified atom stereocenters. The average Bonchev–Trinajstić information content (AvgIpc) is 2.69. The molecule has 0 amide bonds. The number of carbonyl (C=O) groups excluding carboxylic acids is 1. The van der Waals surface area contributed by atoms with E-state index in [0.29, 0.717) is 12.1 Å². The lowest BCUT2D eigenvalue weighted by Gasteiger charge is -2.02. The molecule has 4 nitrogen and oxygen atoms in total. The highest BCUT2D eigenvalue weighted by atomic mass is 16.5. The van der Waals surface area contributed by atoms with Crippen LogP contribution in [0.4, 0.5) is 0 Å². The molecule has 4 heteroatoms. The molecule has 2 aromatic rings. The van der Waals surface area contributed by atoms with Gasteiger partial charge in [0.05, 0.1) is 12.8 Å². The van der Waals surface area contributed by atoms with Gasteiger partial charge >= 0.3 is 0 Å². The molecule has 1 aromatic carbocycles. The first-order valence-corrected chi connectivity index (χ1v) is 5.34. The van der Waals surface area contributed by atoms with Crippen molar-refractivity contribution in [2.24, 2.45) is 7.05 Å². The maximum absolute atomic E-state index is 10.7. The van der Waals surface area contributed by atoms with Crippen molar-refractivity contribution in [1.82, 2.24) is 9.78 Å². The predicted molar refractivity (Wildman–Crippen MR) is 64.4 cm³/mol. The lowest BCUT2D eigenvalue weighted by molar-refractivity contribution is 0.111. The molecule has 0 radical (unpaired) electrons. The standard InChI is InChI=1S/C13H14N2O2/c1-15-12(9-16)8-11(14-15)6-10-4-3-5-13(7-10)17-2/h3-5,7-9H,6H2,1-2H3. The lowest BCUT2D eigenvalue weighted by atomic mass is 10.1. The summed E-state index contributed by atoms with van der Waals surface area (Å²) < 4.78 is 6.75. The van der Waals surface area contributed by atoms with Crippen molar-refractivity contribution in [1.29, 1.82) is 0 Å². The van der Waals surface area contributed by atoms with Crippen LogP contribution >= 0.6 is 0 Å². The second kappa shape index (κ2) is 4.82. The van der Waals surface area contributed by atoms with E-state index in [2.05, 4.69) is 5.10 Å². The molecule has 0 spiro atoms. The summed E-state index contributed by atoms with van der Waals surface area (Å²) in [4.78, 5) is 10.7. The molecule has 0 aliphatic rings. The van der Waals surface area contributed by atoms with E-state index in [-0.39, 0.29) is 0 Å². The van der Waals surface area contributed by atoms with Gasteiger partial charge in [-0.15, -0.1) is 0 Å². The summed E-state index contributed by atoms with van der Waals surface area (Å²) >= 11 is 0. The number of aromatic nitrogens is 2. The number of benzene rings is 1. The quantitative estimate of drug-likeness (QED) is 0.753. The number of hydrogen-bond donors (Lipinski definition) is 0. The van der Waals surface area contributed by atoms with E-state index in [4.69, 9.17) is 4.74 Å². The Hall–Kier alpha value is -2.10. The van der Waals surface area contributed by atoms with Gasteiger partial charge in [0.15, 0.2) is 6.29 Å². The van der Waals surface area contributed by atoms with Gasteiger partial charge in [0, 0.05) is 13.5 Å². The smallest absolute Gasteiger partial charge is 0.168 e. The van der Waals surface area contributed by atoms with Crippen LogP contribution in [-0.2, 0) is 13.5 Å². The van der Waals surface area contributed by atoms with Gasteiger partial charge in [-0.2, -0.15) is 5.10 Å². The molecule has 17 heavy (non-hydrogen) atoms. The molecule has 1 heterocycles. The average molecular weight is 230 g/mol. The van der Waals surface area contributed by atoms with Crippen molar-refractivity contribution in [3.63, 3.8) is 0 Å². The number of nitrogens with zero attached hydrogens (tertiary/aromatic N) is 2. The van der Waals surface area contributed by atoms with Crippen molar-refractivity contribution >= 4 is 6.29 Å². The molecule has 0 N–H and O–H groups in total. The Morgan fingerprint density at radius 3 is 2.88 bits per heavy atom. The Labute approximate surface area is 99.8 Å². The van der Waals surface area contributed by atoms with Gasteiger partial charge < -0.3 is 4.74 Å². The number of aryl methyl sites for hydroxylation is 1. The SMILES string of the molecule is COc1cccc(Cc2cc(C=O)n(C)n2)c1. The molecule has 0 atom stereocenters. The first-order chi connectivity index (χ1) is 8.22. The second-order valence-corrected chi connectivity index (χ2v) is 3.83. The molecular weight excluding hydrogens is 216 g/mol. The highest BCUT2D eigenvalue weighted by Gasteiger charge is 2.05. The summed E-state index contributed by atoms with van der Waals surface area (Å²) in [5, 5.41) is 4.28. The van der Waals surface area contributed by atoms with E-state index in [1.165, 1.54) is 0 Å². The zero-order chi connectivity index (χ0) is 12.3. The molecule has 2 rings (SSSR count). The first kappa shape index (κ1) is 11.4. The van der Waals surface area contributed by atoms with Crippen molar-refractivity contribution in [3.05, 3.63) is 47.3 Å². The number of rotatable bonds is 4. The van der Waals surface area contributed by atoms with Crippen molar-refractivity contribution in [2.75, 3.05) is 7.11 Å². The van der Waals surface area contributed by atoms with E-state index in [1.807, 2.05) is 24.3 Å². The Kier molecular flexibility index (Phi) is 3.23. The van der Waals surface area contributed by atoms with Gasteiger partial charge in [-0.3, -0.25) is 9.48 Å². The Bertz CT molecular complexity index is 532. The normalized spacial score (nSPS) is 10.2. The van der Waals surface area contributed by atoms with Crippen LogP contribution in [0.5, 0.6) is 5.75 Å². The third-order valence-electron chi connectivity index (χ3n) is 2.61. The van der Waals surface area contributed by atoms with Crippen LogP contribution in [0.15, 0.2) is 30.3 Å². The minimum Gasteiger partial charge on any atom is -0.497 e. The predicted octanol–water partition coefficient (Wildman–Crippen LogP) is 1.83. The summed E-state index contributed by atoms with van der Waals surface area (Å²) in [6, 6.07) is 9.62. The van der Waals surface area contributed by atoms with Crippen molar-refractivity contribution in [3.8, 4) is 5.75 Å². The molecule has 0 saturated heterocycles. The molecule has 0 saturated carbocycles. The third-order valence-corrected chi connectivity index (χ3v) is 2.61. The number of hydrogen-bond acceptors (Lipinski definition) is 3. The van der Waals surface area contributed by atoms with Crippen LogP contribution in [0.2, 0.25) is 0 Å². The van der Waals surface area contributed by atoms with Gasteiger partial charge in [0.1, 0.15) is 11.4 Å². The minimum atomic E-state index is 0.586. The zero-order valence-corrected chi connectivity index (χ0v) is 9.88. The maximum Gasteiger partial charge on any atom is 0.168 e. The van der Waals surface area contributed by atoms with E-state index >= 15 is 0 Å². The molecule has 0 bridgehead atoms. The van der Waals surface area contributed by atoms with Crippen LogP contribution in [-0.4, -0.2) is 23.2 Å².